The maximum absolute atomic E-state index is 5.43. The average molecular weight is 300 g/mol. The van der Waals surface area contributed by atoms with Gasteiger partial charge in [-0.15, -0.1) is 0 Å². The number of alkyl halides is 1. The van der Waals surface area contributed by atoms with E-state index in [4.69, 9.17) is 4.74 Å². The van der Waals surface area contributed by atoms with E-state index in [9.17, 15) is 0 Å². The number of nitrogens with zero attached hydrogens (tertiary/aromatic N) is 1. The van der Waals surface area contributed by atoms with Gasteiger partial charge in [-0.3, -0.25) is 4.90 Å². The maximum Gasteiger partial charge on any atom is 0.124 e. The smallest absolute Gasteiger partial charge is 0.124 e. The first-order valence-corrected chi connectivity index (χ1v) is 6.68. The fourth-order valence-corrected chi connectivity index (χ4v) is 2.02. The minimum atomic E-state index is 0.153. The lowest BCUT2D eigenvalue weighted by atomic mass is 9.86. The van der Waals surface area contributed by atoms with Gasteiger partial charge in [0, 0.05) is 5.56 Å². The van der Waals surface area contributed by atoms with Crippen molar-refractivity contribution in [2.45, 2.75) is 31.1 Å². The van der Waals surface area contributed by atoms with Gasteiger partial charge in [-0.25, -0.2) is 0 Å². The molecular weight excluding hydrogens is 278 g/mol. The Morgan fingerprint density at radius 2 is 1.82 bits per heavy atom. The summed E-state index contributed by atoms with van der Waals surface area (Å²) in [5.41, 5.74) is 2.64. The molecule has 0 spiro atoms. The summed E-state index contributed by atoms with van der Waals surface area (Å²) in [5, 5.41) is 0. The first-order chi connectivity index (χ1) is 7.77. The topological polar surface area (TPSA) is 12.5 Å². The van der Waals surface area contributed by atoms with Gasteiger partial charge in [0.25, 0.3) is 0 Å². The van der Waals surface area contributed by atoms with Gasteiger partial charge < -0.3 is 4.74 Å². The highest BCUT2D eigenvalue weighted by Gasteiger charge is 2.20. The van der Waals surface area contributed by atoms with Crippen molar-refractivity contribution in [1.82, 2.24) is 4.90 Å². The van der Waals surface area contributed by atoms with Crippen LogP contribution in [0.1, 0.15) is 36.8 Å². The zero-order valence-electron chi connectivity index (χ0n) is 11.5. The molecule has 1 atom stereocenters. The van der Waals surface area contributed by atoms with Gasteiger partial charge in [-0.1, -0.05) is 42.8 Å². The maximum atomic E-state index is 5.43. The Kier molecular flexibility index (Phi) is 4.62. The number of hydrogen-bond donors (Lipinski definition) is 0. The number of hydrogen-bond acceptors (Lipinski definition) is 2. The fourth-order valence-electron chi connectivity index (χ4n) is 1.67. The van der Waals surface area contributed by atoms with Crippen molar-refractivity contribution in [2.75, 3.05) is 21.2 Å². The molecule has 0 fully saturated rings. The third-order valence-corrected chi connectivity index (χ3v) is 4.12. The van der Waals surface area contributed by atoms with E-state index < -0.39 is 0 Å². The van der Waals surface area contributed by atoms with Crippen LogP contribution in [-0.2, 0) is 5.41 Å². The molecule has 1 rings (SSSR count). The average Bonchev–Trinajstić information content (AvgIpc) is 2.25. The molecule has 0 saturated heterocycles. The van der Waals surface area contributed by atoms with Gasteiger partial charge in [-0.2, -0.15) is 0 Å². The quantitative estimate of drug-likeness (QED) is 0.619. The molecule has 0 radical (unpaired) electrons. The Hall–Kier alpha value is -0.540. The molecule has 0 heterocycles. The van der Waals surface area contributed by atoms with E-state index >= 15 is 0 Å². The van der Waals surface area contributed by atoms with E-state index in [2.05, 4.69) is 53.7 Å². The van der Waals surface area contributed by atoms with Crippen molar-refractivity contribution < 1.29 is 4.74 Å². The molecule has 1 aromatic carbocycles. The summed E-state index contributed by atoms with van der Waals surface area (Å²) in [6.45, 7) is 6.66. The minimum absolute atomic E-state index is 0.153. The number of methoxy groups -OCH3 is 1. The number of ether oxygens (including phenoxy) is 1. The van der Waals surface area contributed by atoms with E-state index in [1.54, 1.807) is 7.11 Å². The zero-order valence-corrected chi connectivity index (χ0v) is 13.1. The van der Waals surface area contributed by atoms with Crippen LogP contribution in [0.3, 0.4) is 0 Å². The van der Waals surface area contributed by atoms with Crippen LogP contribution in [0.25, 0.3) is 0 Å². The van der Waals surface area contributed by atoms with Crippen LogP contribution in [0, 0.1) is 0 Å². The lowest BCUT2D eigenvalue weighted by Crippen LogP contribution is -2.17. The first kappa shape index (κ1) is 14.5. The van der Waals surface area contributed by atoms with Crippen LogP contribution in [0.15, 0.2) is 18.2 Å². The molecule has 96 valence electrons. The molecule has 2 nitrogen and oxygen atoms in total. The molecule has 0 N–H and O–H groups in total. The van der Waals surface area contributed by atoms with Crippen LogP contribution in [0.5, 0.6) is 5.75 Å². The molecule has 0 amide bonds. The van der Waals surface area contributed by atoms with E-state index in [-0.39, 0.29) is 10.4 Å². The molecule has 0 aliphatic carbocycles. The normalized spacial score (nSPS) is 13.9. The van der Waals surface area contributed by atoms with Gasteiger partial charge in [0.05, 0.1) is 12.1 Å². The number of rotatable bonds is 3. The Bertz CT molecular complexity index is 382. The monoisotopic (exact) mass is 299 g/mol. The van der Waals surface area contributed by atoms with Crippen LogP contribution < -0.4 is 4.74 Å². The van der Waals surface area contributed by atoms with E-state index in [1.165, 1.54) is 11.1 Å². The molecule has 0 bridgehead atoms. The van der Waals surface area contributed by atoms with Crippen LogP contribution in [0.2, 0.25) is 0 Å². The van der Waals surface area contributed by atoms with Crippen molar-refractivity contribution >= 4 is 15.9 Å². The highest BCUT2D eigenvalue weighted by molar-refractivity contribution is 9.09. The second-order valence-electron chi connectivity index (χ2n) is 5.51. The van der Waals surface area contributed by atoms with Crippen molar-refractivity contribution in [1.29, 1.82) is 0 Å². The minimum Gasteiger partial charge on any atom is -0.496 e. The SMILES string of the molecule is COc1ccc(C(C)(C)C)cc1C(Br)N(C)C. The molecule has 3 heteroatoms. The van der Waals surface area contributed by atoms with Crippen LogP contribution in [-0.4, -0.2) is 26.1 Å². The largest absolute Gasteiger partial charge is 0.496 e. The predicted octanol–water partition coefficient (Wildman–Crippen LogP) is 3.95. The van der Waals surface area contributed by atoms with Gasteiger partial charge >= 0.3 is 0 Å². The molecule has 17 heavy (non-hydrogen) atoms. The molecule has 0 aliphatic rings. The van der Waals surface area contributed by atoms with E-state index in [0.29, 0.717) is 0 Å². The first-order valence-electron chi connectivity index (χ1n) is 5.76. The lowest BCUT2D eigenvalue weighted by Gasteiger charge is -2.25. The molecule has 1 unspecified atom stereocenters. The van der Waals surface area contributed by atoms with Crippen molar-refractivity contribution in [3.8, 4) is 5.75 Å². The lowest BCUT2D eigenvalue weighted by molar-refractivity contribution is 0.368. The van der Waals surface area contributed by atoms with E-state index in [0.717, 1.165) is 5.75 Å². The number of benzene rings is 1. The molecule has 0 saturated carbocycles. The van der Waals surface area contributed by atoms with Gasteiger partial charge in [-0.05, 0) is 37.2 Å². The predicted molar refractivity (Wildman–Crippen MR) is 77.0 cm³/mol. The summed E-state index contributed by atoms with van der Waals surface area (Å²) in [4.78, 5) is 2.28. The van der Waals surface area contributed by atoms with Crippen LogP contribution >= 0.6 is 15.9 Å². The Balaban J connectivity index is 3.25. The summed E-state index contributed by atoms with van der Waals surface area (Å²) in [6.07, 6.45) is 0. The second kappa shape index (κ2) is 5.40. The number of halogens is 1. The Morgan fingerprint density at radius 3 is 2.24 bits per heavy atom. The summed E-state index contributed by atoms with van der Waals surface area (Å²) in [7, 11) is 5.80. The van der Waals surface area contributed by atoms with Gasteiger partial charge in [0.15, 0.2) is 0 Å². The highest BCUT2D eigenvalue weighted by Crippen LogP contribution is 2.35. The van der Waals surface area contributed by atoms with Crippen molar-refractivity contribution in [3.63, 3.8) is 0 Å². The summed E-state index contributed by atoms with van der Waals surface area (Å²) in [6, 6.07) is 6.41. The van der Waals surface area contributed by atoms with Gasteiger partial charge in [0.2, 0.25) is 0 Å². The van der Waals surface area contributed by atoms with Crippen LogP contribution in [0.4, 0.5) is 0 Å². The summed E-state index contributed by atoms with van der Waals surface area (Å²) < 4.78 is 5.43. The highest BCUT2D eigenvalue weighted by atomic mass is 79.9. The standard InChI is InChI=1S/C14H22BrNO/c1-14(2,3)10-7-8-12(17-6)11(9-10)13(15)16(4)5/h7-9,13H,1-6H3. The molecule has 0 aromatic heterocycles. The van der Waals surface area contributed by atoms with Gasteiger partial charge in [0.1, 0.15) is 5.75 Å². The summed E-state index contributed by atoms with van der Waals surface area (Å²) in [5.74, 6) is 0.925. The Morgan fingerprint density at radius 1 is 1.24 bits per heavy atom. The zero-order chi connectivity index (χ0) is 13.2. The molecule has 0 aliphatic heterocycles. The van der Waals surface area contributed by atoms with Crippen molar-refractivity contribution in [3.05, 3.63) is 29.3 Å². The molecular formula is C14H22BrNO. The second-order valence-corrected chi connectivity index (χ2v) is 6.37. The Labute approximate surface area is 113 Å². The molecule has 1 aromatic rings. The third kappa shape index (κ3) is 3.46. The third-order valence-electron chi connectivity index (χ3n) is 2.81. The fraction of sp³-hybridized carbons (Fsp3) is 0.571. The summed E-state index contributed by atoms with van der Waals surface area (Å²) >= 11 is 3.69. The van der Waals surface area contributed by atoms with E-state index in [1.807, 2.05) is 20.2 Å². The van der Waals surface area contributed by atoms with Crippen molar-refractivity contribution in [2.24, 2.45) is 0 Å².